The molecule has 1 aliphatic carbocycles. The van der Waals surface area contributed by atoms with E-state index in [4.69, 9.17) is 4.74 Å². The Hall–Kier alpha value is -2.23. The van der Waals surface area contributed by atoms with Crippen molar-refractivity contribution in [2.24, 2.45) is 0 Å². The fourth-order valence-corrected chi connectivity index (χ4v) is 5.62. The molecule has 0 unspecified atom stereocenters. The molecular weight excluding hydrogens is 384 g/mol. The van der Waals surface area contributed by atoms with E-state index in [9.17, 15) is 8.42 Å². The second kappa shape index (κ2) is 6.74. The molecule has 1 aliphatic rings. The molecule has 2 heterocycles. The molecule has 142 valence electrons. The van der Waals surface area contributed by atoms with Gasteiger partial charge in [-0.2, -0.15) is 0 Å². The van der Waals surface area contributed by atoms with Gasteiger partial charge in [0, 0.05) is 24.7 Å². The van der Waals surface area contributed by atoms with E-state index >= 15 is 0 Å². The first-order chi connectivity index (χ1) is 12.9. The van der Waals surface area contributed by atoms with E-state index in [0.29, 0.717) is 17.3 Å². The number of benzene rings is 1. The number of hydrogen-bond donors (Lipinski definition) is 1. The second-order valence-corrected chi connectivity index (χ2v) is 9.74. The Bertz CT molecular complexity index is 1120. The van der Waals surface area contributed by atoms with Gasteiger partial charge in [0.05, 0.1) is 12.5 Å². The number of sulfonamides is 1. The summed E-state index contributed by atoms with van der Waals surface area (Å²) >= 11 is 1.71. The largest absolute Gasteiger partial charge is 0.495 e. The average Bonchev–Trinajstić information content (AvgIpc) is 3.22. The third-order valence-electron chi connectivity index (χ3n) is 4.69. The predicted octanol–water partition coefficient (Wildman–Crippen LogP) is 3.18. The van der Waals surface area contributed by atoms with Gasteiger partial charge >= 0.3 is 0 Å². The zero-order valence-corrected chi connectivity index (χ0v) is 16.9. The van der Waals surface area contributed by atoms with Crippen molar-refractivity contribution in [3.63, 3.8) is 0 Å². The third kappa shape index (κ3) is 3.05. The lowest BCUT2D eigenvalue weighted by molar-refractivity contribution is 0.400. The van der Waals surface area contributed by atoms with Crippen LogP contribution in [0.25, 0.3) is 10.2 Å². The average molecular weight is 405 g/mol. The molecule has 7 nitrogen and oxygen atoms in total. The fourth-order valence-electron chi connectivity index (χ4n) is 3.31. The summed E-state index contributed by atoms with van der Waals surface area (Å²) in [6.45, 7) is 0. The molecule has 0 saturated heterocycles. The highest BCUT2D eigenvalue weighted by atomic mass is 32.2. The van der Waals surface area contributed by atoms with Crippen LogP contribution >= 0.6 is 11.3 Å². The number of anilines is 2. The Morgan fingerprint density at radius 1 is 1.22 bits per heavy atom. The van der Waals surface area contributed by atoms with Gasteiger partial charge < -0.3 is 10.1 Å². The van der Waals surface area contributed by atoms with E-state index in [2.05, 4.69) is 15.3 Å². The maximum atomic E-state index is 12.6. The molecule has 0 atom stereocenters. The van der Waals surface area contributed by atoms with Gasteiger partial charge in [0.15, 0.2) is 0 Å². The number of ether oxygens (including phenoxy) is 1. The van der Waals surface area contributed by atoms with Gasteiger partial charge in [0.1, 0.15) is 27.6 Å². The summed E-state index contributed by atoms with van der Waals surface area (Å²) in [6, 6.07) is 5.01. The second-order valence-electron chi connectivity index (χ2n) is 6.54. The molecule has 1 N–H and O–H groups in total. The number of methoxy groups -OCH3 is 1. The van der Waals surface area contributed by atoms with Gasteiger partial charge in [0.25, 0.3) is 0 Å². The molecule has 2 aromatic heterocycles. The standard InChI is InChI=1S/C18H20N4O3S2/c1-22(2)27(23,24)15-9-11(7-8-13(15)25-3)21-17-16-12-5-4-6-14(12)26-18(16)20-10-19-17/h7-10H,4-6H2,1-3H3,(H,19,20,21). The Balaban J connectivity index is 1.79. The number of nitrogens with one attached hydrogen (secondary N) is 1. The van der Waals surface area contributed by atoms with Crippen LogP contribution in [-0.4, -0.2) is 43.9 Å². The van der Waals surface area contributed by atoms with E-state index in [1.54, 1.807) is 29.5 Å². The molecule has 0 bridgehead atoms. The SMILES string of the molecule is COc1ccc(Nc2ncnc3sc4c(c23)CCC4)cc1S(=O)(=O)N(C)C. The van der Waals surface area contributed by atoms with Gasteiger partial charge in [-0.3, -0.25) is 0 Å². The molecule has 0 aliphatic heterocycles. The van der Waals surface area contributed by atoms with Crippen LogP contribution in [0.5, 0.6) is 5.75 Å². The van der Waals surface area contributed by atoms with E-state index in [1.807, 2.05) is 0 Å². The number of aryl methyl sites for hydroxylation is 2. The topological polar surface area (TPSA) is 84.4 Å². The van der Waals surface area contributed by atoms with E-state index in [1.165, 1.54) is 42.3 Å². The Labute approximate surface area is 162 Å². The highest BCUT2D eigenvalue weighted by molar-refractivity contribution is 7.89. The fraction of sp³-hybridized carbons (Fsp3) is 0.333. The first kappa shape index (κ1) is 18.1. The highest BCUT2D eigenvalue weighted by Crippen LogP contribution is 2.40. The Morgan fingerprint density at radius 3 is 2.78 bits per heavy atom. The summed E-state index contributed by atoms with van der Waals surface area (Å²) in [6.07, 6.45) is 4.81. The smallest absolute Gasteiger partial charge is 0.246 e. The molecule has 0 saturated carbocycles. The number of fused-ring (bicyclic) bond motifs is 3. The van der Waals surface area contributed by atoms with E-state index < -0.39 is 10.0 Å². The predicted molar refractivity (Wildman–Crippen MR) is 107 cm³/mol. The third-order valence-corrected chi connectivity index (χ3v) is 7.72. The van der Waals surface area contributed by atoms with Gasteiger partial charge in [-0.05, 0) is 43.0 Å². The van der Waals surface area contributed by atoms with Gasteiger partial charge in [-0.25, -0.2) is 22.7 Å². The lowest BCUT2D eigenvalue weighted by Gasteiger charge is -2.16. The van der Waals surface area contributed by atoms with Crippen LogP contribution in [0.2, 0.25) is 0 Å². The van der Waals surface area contributed by atoms with Gasteiger partial charge in [-0.1, -0.05) is 0 Å². The molecule has 1 aromatic carbocycles. The maximum absolute atomic E-state index is 12.6. The van der Waals surface area contributed by atoms with Crippen LogP contribution < -0.4 is 10.1 Å². The normalized spacial score (nSPS) is 13.9. The molecule has 0 spiro atoms. The Morgan fingerprint density at radius 2 is 2.04 bits per heavy atom. The van der Waals surface area contributed by atoms with Crippen molar-refractivity contribution in [2.75, 3.05) is 26.5 Å². The molecule has 0 radical (unpaired) electrons. The van der Waals surface area contributed by atoms with Crippen LogP contribution in [0.4, 0.5) is 11.5 Å². The first-order valence-electron chi connectivity index (χ1n) is 8.54. The quantitative estimate of drug-likeness (QED) is 0.703. The summed E-state index contributed by atoms with van der Waals surface area (Å²) in [5.74, 6) is 1.01. The van der Waals surface area contributed by atoms with Crippen molar-refractivity contribution in [1.29, 1.82) is 0 Å². The van der Waals surface area contributed by atoms with E-state index in [0.717, 1.165) is 29.5 Å². The maximum Gasteiger partial charge on any atom is 0.246 e. The molecule has 27 heavy (non-hydrogen) atoms. The zero-order valence-electron chi connectivity index (χ0n) is 15.3. The number of hydrogen-bond acceptors (Lipinski definition) is 7. The van der Waals surface area contributed by atoms with E-state index in [-0.39, 0.29) is 4.90 Å². The Kier molecular flexibility index (Phi) is 4.53. The summed E-state index contributed by atoms with van der Waals surface area (Å²) in [5, 5.41) is 4.33. The van der Waals surface area contributed by atoms with Crippen LogP contribution in [0.1, 0.15) is 16.9 Å². The van der Waals surface area contributed by atoms with Crippen molar-refractivity contribution in [1.82, 2.24) is 14.3 Å². The van der Waals surface area contributed by atoms with Crippen LogP contribution in [0.15, 0.2) is 29.4 Å². The first-order valence-corrected chi connectivity index (χ1v) is 10.8. The van der Waals surface area contributed by atoms with Crippen molar-refractivity contribution < 1.29 is 13.2 Å². The van der Waals surface area contributed by atoms with Gasteiger partial charge in [-0.15, -0.1) is 11.3 Å². The lowest BCUT2D eigenvalue weighted by Crippen LogP contribution is -2.22. The zero-order chi connectivity index (χ0) is 19.2. The molecule has 4 rings (SSSR count). The summed E-state index contributed by atoms with van der Waals surface area (Å²) in [7, 11) is 0.815. The van der Waals surface area contributed by atoms with Crippen molar-refractivity contribution >= 4 is 43.1 Å². The van der Waals surface area contributed by atoms with Crippen molar-refractivity contribution in [3.05, 3.63) is 35.0 Å². The van der Waals surface area contributed by atoms with Crippen molar-refractivity contribution in [2.45, 2.75) is 24.2 Å². The molecule has 3 aromatic rings. The number of thiophene rings is 1. The van der Waals surface area contributed by atoms with Crippen molar-refractivity contribution in [3.8, 4) is 5.75 Å². The van der Waals surface area contributed by atoms with Gasteiger partial charge in [0.2, 0.25) is 10.0 Å². The molecular formula is C18H20N4O3S2. The highest BCUT2D eigenvalue weighted by Gasteiger charge is 2.24. The molecule has 0 fully saturated rings. The van der Waals surface area contributed by atoms with Crippen LogP contribution in [0.3, 0.4) is 0 Å². The summed E-state index contributed by atoms with van der Waals surface area (Å²) in [4.78, 5) is 11.3. The number of rotatable bonds is 5. The summed E-state index contributed by atoms with van der Waals surface area (Å²) in [5.41, 5.74) is 1.95. The minimum absolute atomic E-state index is 0.112. The number of nitrogens with zero attached hydrogens (tertiary/aromatic N) is 3. The number of aromatic nitrogens is 2. The minimum Gasteiger partial charge on any atom is -0.495 e. The summed E-state index contributed by atoms with van der Waals surface area (Å²) < 4.78 is 31.7. The minimum atomic E-state index is -3.64. The van der Waals surface area contributed by atoms with Crippen LogP contribution in [0, 0.1) is 0 Å². The lowest BCUT2D eigenvalue weighted by atomic mass is 10.2. The molecule has 9 heteroatoms. The van der Waals surface area contributed by atoms with Crippen LogP contribution in [-0.2, 0) is 22.9 Å². The molecule has 0 amide bonds. The monoisotopic (exact) mass is 404 g/mol.